The summed E-state index contributed by atoms with van der Waals surface area (Å²) >= 11 is 10.2. The second kappa shape index (κ2) is 4.68. The van der Waals surface area contributed by atoms with Crippen molar-refractivity contribution in [3.63, 3.8) is 0 Å². The van der Waals surface area contributed by atoms with Gasteiger partial charge in [0.2, 0.25) is 0 Å². The van der Waals surface area contributed by atoms with Crippen molar-refractivity contribution in [3.8, 4) is 0 Å². The summed E-state index contributed by atoms with van der Waals surface area (Å²) < 4.78 is 0.0554. The molecule has 0 saturated heterocycles. The molecule has 6 unspecified atom stereocenters. The standard InChI is InChI=1S/C17H26OS2/c18-14-10-16(19)8-3-5-13(16)12-7-6-11-4-1-2-9-17(11,20)15(12)14/h11-13,15,19-20H,1-10H2. The van der Waals surface area contributed by atoms with Crippen molar-refractivity contribution < 1.29 is 4.79 Å². The van der Waals surface area contributed by atoms with Crippen molar-refractivity contribution in [1.82, 2.24) is 0 Å². The molecule has 4 rings (SSSR count). The van der Waals surface area contributed by atoms with Gasteiger partial charge in [-0.1, -0.05) is 19.3 Å². The molecule has 0 aromatic heterocycles. The van der Waals surface area contributed by atoms with Gasteiger partial charge in [0.05, 0.1) is 0 Å². The Bertz CT molecular complexity index is 437. The second-order valence-electron chi connectivity index (χ2n) is 7.90. The summed E-state index contributed by atoms with van der Waals surface area (Å²) in [6.07, 6.45) is 12.1. The summed E-state index contributed by atoms with van der Waals surface area (Å²) in [7, 11) is 0. The summed E-state index contributed by atoms with van der Waals surface area (Å²) in [4.78, 5) is 12.9. The molecule has 0 heterocycles. The Kier molecular flexibility index (Phi) is 3.27. The molecule has 0 aromatic carbocycles. The Morgan fingerprint density at radius 3 is 2.65 bits per heavy atom. The van der Waals surface area contributed by atoms with Crippen LogP contribution in [-0.2, 0) is 4.79 Å². The maximum absolute atomic E-state index is 12.9. The molecule has 6 atom stereocenters. The fourth-order valence-corrected chi connectivity index (χ4v) is 7.65. The van der Waals surface area contributed by atoms with Gasteiger partial charge in [0.1, 0.15) is 5.78 Å². The van der Waals surface area contributed by atoms with Crippen LogP contribution < -0.4 is 0 Å². The summed E-state index contributed by atoms with van der Waals surface area (Å²) in [6.45, 7) is 0. The molecule has 0 N–H and O–H groups in total. The highest BCUT2D eigenvalue weighted by atomic mass is 32.1. The molecule has 4 fully saturated rings. The van der Waals surface area contributed by atoms with Crippen molar-refractivity contribution in [2.45, 2.75) is 73.7 Å². The minimum Gasteiger partial charge on any atom is -0.299 e. The van der Waals surface area contributed by atoms with E-state index in [1.165, 1.54) is 51.4 Å². The molecule has 0 aromatic rings. The first-order valence-electron chi connectivity index (χ1n) is 8.52. The first-order chi connectivity index (χ1) is 9.55. The number of carbonyl (C=O) groups excluding carboxylic acids is 1. The monoisotopic (exact) mass is 310 g/mol. The Labute approximate surface area is 133 Å². The van der Waals surface area contributed by atoms with E-state index in [0.717, 1.165) is 12.8 Å². The second-order valence-corrected chi connectivity index (χ2v) is 9.62. The Morgan fingerprint density at radius 1 is 0.950 bits per heavy atom. The lowest BCUT2D eigenvalue weighted by Crippen LogP contribution is -2.59. The fourth-order valence-electron chi connectivity index (χ4n) is 6.26. The highest BCUT2D eigenvalue weighted by Gasteiger charge is 2.61. The molecule has 4 aliphatic rings. The predicted octanol–water partition coefficient (Wildman–Crippen LogP) is 4.31. The van der Waals surface area contributed by atoms with E-state index in [1.807, 2.05) is 0 Å². The van der Waals surface area contributed by atoms with Gasteiger partial charge in [-0.3, -0.25) is 4.79 Å². The average molecular weight is 311 g/mol. The quantitative estimate of drug-likeness (QED) is 0.638. The fraction of sp³-hybridized carbons (Fsp3) is 0.941. The number of rotatable bonds is 0. The third kappa shape index (κ3) is 1.81. The molecule has 0 amide bonds. The third-order valence-electron chi connectivity index (χ3n) is 7.06. The molecule has 0 spiro atoms. The highest BCUT2D eigenvalue weighted by molar-refractivity contribution is 7.82. The number of thiol groups is 2. The smallest absolute Gasteiger partial charge is 0.139 e. The van der Waals surface area contributed by atoms with Crippen LogP contribution in [0.25, 0.3) is 0 Å². The van der Waals surface area contributed by atoms with Gasteiger partial charge in [0.25, 0.3) is 0 Å². The van der Waals surface area contributed by atoms with E-state index in [1.54, 1.807) is 0 Å². The summed E-state index contributed by atoms with van der Waals surface area (Å²) in [5.74, 6) is 2.71. The van der Waals surface area contributed by atoms with E-state index in [2.05, 4.69) is 0 Å². The van der Waals surface area contributed by atoms with Crippen molar-refractivity contribution >= 4 is 31.0 Å². The van der Waals surface area contributed by atoms with Crippen LogP contribution in [0.2, 0.25) is 0 Å². The van der Waals surface area contributed by atoms with Crippen LogP contribution in [0.4, 0.5) is 0 Å². The molecule has 0 bridgehead atoms. The molecular weight excluding hydrogens is 284 g/mol. The number of Topliss-reactive ketones (excluding diaryl/α,β-unsaturated/α-hetero) is 1. The van der Waals surface area contributed by atoms with E-state index in [4.69, 9.17) is 25.3 Å². The van der Waals surface area contributed by atoms with Crippen LogP contribution in [0, 0.1) is 23.7 Å². The van der Waals surface area contributed by atoms with Gasteiger partial charge in [-0.2, -0.15) is 25.3 Å². The maximum Gasteiger partial charge on any atom is 0.139 e. The number of ketones is 1. The lowest BCUT2D eigenvalue weighted by Gasteiger charge is -2.57. The Morgan fingerprint density at radius 2 is 1.80 bits per heavy atom. The average Bonchev–Trinajstić information content (AvgIpc) is 2.78. The van der Waals surface area contributed by atoms with Gasteiger partial charge in [0, 0.05) is 21.8 Å². The first kappa shape index (κ1) is 14.0. The number of hydrogen-bond acceptors (Lipinski definition) is 3. The largest absolute Gasteiger partial charge is 0.299 e. The Balaban J connectivity index is 1.71. The topological polar surface area (TPSA) is 17.1 Å². The minimum atomic E-state index is 0.0238. The van der Waals surface area contributed by atoms with Crippen LogP contribution in [0.5, 0.6) is 0 Å². The normalized spacial score (nSPS) is 55.0. The summed E-state index contributed by atoms with van der Waals surface area (Å²) in [6, 6.07) is 0. The van der Waals surface area contributed by atoms with Gasteiger partial charge >= 0.3 is 0 Å². The number of hydrogen-bond donors (Lipinski definition) is 2. The molecule has 4 aliphatic carbocycles. The van der Waals surface area contributed by atoms with Gasteiger partial charge in [0.15, 0.2) is 0 Å². The number of fused-ring (bicyclic) bond motifs is 5. The SMILES string of the molecule is O=C1CC2(S)CCCC2C2CCC3CCCCC3(S)C12. The molecular formula is C17H26OS2. The summed E-state index contributed by atoms with van der Waals surface area (Å²) in [5.41, 5.74) is 0. The van der Waals surface area contributed by atoms with Crippen LogP contribution >= 0.6 is 25.3 Å². The lowest BCUT2D eigenvalue weighted by atomic mass is 9.52. The molecule has 3 heteroatoms. The molecule has 1 nitrogen and oxygen atoms in total. The molecule has 4 saturated carbocycles. The Hall–Kier alpha value is 0.370. The maximum atomic E-state index is 12.9. The predicted molar refractivity (Wildman–Crippen MR) is 88.6 cm³/mol. The zero-order valence-electron chi connectivity index (χ0n) is 12.2. The minimum absolute atomic E-state index is 0.0238. The van der Waals surface area contributed by atoms with Gasteiger partial charge in [-0.25, -0.2) is 0 Å². The van der Waals surface area contributed by atoms with Crippen LogP contribution in [-0.4, -0.2) is 15.3 Å². The van der Waals surface area contributed by atoms with E-state index in [0.29, 0.717) is 23.5 Å². The van der Waals surface area contributed by atoms with E-state index in [-0.39, 0.29) is 15.4 Å². The molecule has 0 radical (unpaired) electrons. The van der Waals surface area contributed by atoms with Crippen LogP contribution in [0.15, 0.2) is 0 Å². The van der Waals surface area contributed by atoms with Crippen LogP contribution in [0.1, 0.15) is 64.2 Å². The number of carbonyl (C=O) groups is 1. The van der Waals surface area contributed by atoms with Crippen molar-refractivity contribution in [2.75, 3.05) is 0 Å². The lowest BCUT2D eigenvalue weighted by molar-refractivity contribution is -0.135. The molecule has 20 heavy (non-hydrogen) atoms. The van der Waals surface area contributed by atoms with Crippen molar-refractivity contribution in [2.24, 2.45) is 23.7 Å². The molecule has 112 valence electrons. The van der Waals surface area contributed by atoms with Crippen LogP contribution in [0.3, 0.4) is 0 Å². The van der Waals surface area contributed by atoms with E-state index in [9.17, 15) is 4.79 Å². The van der Waals surface area contributed by atoms with Crippen molar-refractivity contribution in [1.29, 1.82) is 0 Å². The van der Waals surface area contributed by atoms with E-state index < -0.39 is 0 Å². The third-order valence-corrected chi connectivity index (χ3v) is 8.64. The first-order valence-corrected chi connectivity index (χ1v) is 9.41. The van der Waals surface area contributed by atoms with Gasteiger partial charge in [-0.15, -0.1) is 0 Å². The van der Waals surface area contributed by atoms with E-state index >= 15 is 0 Å². The van der Waals surface area contributed by atoms with Gasteiger partial charge in [-0.05, 0) is 56.3 Å². The highest BCUT2D eigenvalue weighted by Crippen LogP contribution is 2.62. The zero-order chi connectivity index (χ0) is 14.0. The summed E-state index contributed by atoms with van der Waals surface area (Å²) in [5, 5.41) is 0. The molecule has 0 aliphatic heterocycles. The zero-order valence-corrected chi connectivity index (χ0v) is 14.0. The van der Waals surface area contributed by atoms with Gasteiger partial charge < -0.3 is 0 Å². The van der Waals surface area contributed by atoms with Crippen molar-refractivity contribution in [3.05, 3.63) is 0 Å².